The van der Waals surface area contributed by atoms with E-state index in [2.05, 4.69) is 18.8 Å². The van der Waals surface area contributed by atoms with Gasteiger partial charge in [-0.25, -0.2) is 4.79 Å². The van der Waals surface area contributed by atoms with Crippen molar-refractivity contribution in [3.63, 3.8) is 0 Å². The summed E-state index contributed by atoms with van der Waals surface area (Å²) in [7, 11) is 0. The van der Waals surface area contributed by atoms with Crippen LogP contribution in [0.2, 0.25) is 0 Å². The molecule has 1 heterocycles. The Hall–Kier alpha value is -2.16. The summed E-state index contributed by atoms with van der Waals surface area (Å²) < 4.78 is 0. The average molecular weight is 381 g/mol. The Morgan fingerprint density at radius 1 is 1.37 bits per heavy atom. The molecule has 9 nitrogen and oxygen atoms in total. The Morgan fingerprint density at radius 2 is 2.04 bits per heavy atom. The van der Waals surface area contributed by atoms with Crippen molar-refractivity contribution < 1.29 is 19.5 Å². The van der Waals surface area contributed by atoms with Crippen LogP contribution in [0.4, 0.5) is 0 Å². The van der Waals surface area contributed by atoms with E-state index in [1.165, 1.54) is 0 Å². The first-order valence-electron chi connectivity index (χ1n) is 9.50. The summed E-state index contributed by atoms with van der Waals surface area (Å²) >= 11 is 0. The minimum Gasteiger partial charge on any atom is -0.480 e. The summed E-state index contributed by atoms with van der Waals surface area (Å²) in [5, 5.41) is 9.60. The summed E-state index contributed by atoms with van der Waals surface area (Å²) in [4.78, 5) is 42.1. The lowest BCUT2D eigenvalue weighted by Gasteiger charge is -2.36. The fraction of sp³-hybridized carbons (Fsp3) is 0.778. The highest BCUT2D eigenvalue weighted by Crippen LogP contribution is 2.60. The Bertz CT molecular complexity index is 631. The zero-order valence-electron chi connectivity index (χ0n) is 16.1. The minimum atomic E-state index is -1.20. The second-order valence-corrected chi connectivity index (χ2v) is 8.13. The first-order chi connectivity index (χ1) is 12.6. The van der Waals surface area contributed by atoms with E-state index in [-0.39, 0.29) is 43.2 Å². The van der Waals surface area contributed by atoms with Crippen molar-refractivity contribution in [2.75, 3.05) is 6.54 Å². The van der Waals surface area contributed by atoms with Crippen LogP contribution in [0.15, 0.2) is 4.99 Å². The van der Waals surface area contributed by atoms with Crippen LogP contribution in [0.3, 0.4) is 0 Å². The maximum atomic E-state index is 13.1. The third-order valence-electron chi connectivity index (χ3n) is 5.62. The molecule has 0 aromatic heterocycles. The normalized spacial score (nSPS) is 27.0. The lowest BCUT2D eigenvalue weighted by molar-refractivity contribution is -0.164. The minimum absolute atomic E-state index is 0.0130. The third-order valence-corrected chi connectivity index (χ3v) is 5.62. The Labute approximate surface area is 159 Å². The largest absolute Gasteiger partial charge is 0.480 e. The topological polar surface area (TPSA) is 165 Å². The number of carbonyl (C=O) groups excluding carboxylic acids is 2. The molecule has 1 aliphatic heterocycles. The molecule has 2 rings (SSSR count). The van der Waals surface area contributed by atoms with Crippen molar-refractivity contribution in [2.45, 2.75) is 64.5 Å². The van der Waals surface area contributed by atoms with E-state index in [9.17, 15) is 19.5 Å². The monoisotopic (exact) mass is 381 g/mol. The molecule has 0 aromatic carbocycles. The molecule has 1 saturated heterocycles. The van der Waals surface area contributed by atoms with Gasteiger partial charge in [-0.05, 0) is 43.9 Å². The molecule has 0 bridgehead atoms. The number of aliphatic carboxylic acids is 1. The number of imide groups is 1. The molecule has 27 heavy (non-hydrogen) atoms. The number of hydrogen-bond donors (Lipinski definition) is 4. The number of carbonyl (C=O) groups is 3. The number of nitrogens with two attached hydrogens (primary N) is 3. The van der Waals surface area contributed by atoms with Crippen molar-refractivity contribution in [3.05, 3.63) is 0 Å². The number of carboxylic acid groups (broad SMARTS) is 1. The van der Waals surface area contributed by atoms with Crippen LogP contribution in [-0.2, 0) is 14.4 Å². The number of likely N-dealkylation sites (tertiary alicyclic amines) is 1. The first-order valence-corrected chi connectivity index (χ1v) is 9.50. The van der Waals surface area contributed by atoms with Gasteiger partial charge in [0.1, 0.15) is 6.04 Å². The van der Waals surface area contributed by atoms with E-state index in [0.717, 1.165) is 11.3 Å². The molecule has 9 heteroatoms. The van der Waals surface area contributed by atoms with Crippen LogP contribution >= 0.6 is 0 Å². The van der Waals surface area contributed by atoms with Gasteiger partial charge in [-0.2, -0.15) is 0 Å². The number of carboxylic acids is 1. The van der Waals surface area contributed by atoms with Gasteiger partial charge in [0, 0.05) is 19.0 Å². The van der Waals surface area contributed by atoms with Crippen LogP contribution < -0.4 is 17.2 Å². The van der Waals surface area contributed by atoms with Gasteiger partial charge < -0.3 is 22.3 Å². The predicted octanol–water partition coefficient (Wildman–Crippen LogP) is 0.0219. The zero-order valence-corrected chi connectivity index (χ0v) is 16.1. The lowest BCUT2D eigenvalue weighted by atomic mass is 9.86. The van der Waals surface area contributed by atoms with Gasteiger partial charge in [-0.3, -0.25) is 19.5 Å². The van der Waals surface area contributed by atoms with Crippen LogP contribution in [0, 0.1) is 17.3 Å². The quantitative estimate of drug-likeness (QED) is 0.189. The molecule has 7 N–H and O–H groups in total. The van der Waals surface area contributed by atoms with Gasteiger partial charge >= 0.3 is 5.97 Å². The summed E-state index contributed by atoms with van der Waals surface area (Å²) in [5.74, 6) is -1.65. The van der Waals surface area contributed by atoms with Crippen molar-refractivity contribution >= 4 is 23.7 Å². The van der Waals surface area contributed by atoms with Gasteiger partial charge in [-0.1, -0.05) is 13.8 Å². The Balaban J connectivity index is 2.12. The van der Waals surface area contributed by atoms with Crippen molar-refractivity contribution in [1.29, 1.82) is 0 Å². The molecule has 2 amide bonds. The predicted molar refractivity (Wildman–Crippen MR) is 100 cm³/mol. The van der Waals surface area contributed by atoms with Gasteiger partial charge in [0.2, 0.25) is 11.8 Å². The molecular weight excluding hydrogens is 350 g/mol. The molecule has 1 saturated carbocycles. The molecule has 0 radical (unpaired) electrons. The number of amides is 2. The van der Waals surface area contributed by atoms with Gasteiger partial charge in [-0.15, -0.1) is 0 Å². The summed E-state index contributed by atoms with van der Waals surface area (Å²) in [6.45, 7) is 4.39. The smallest absolute Gasteiger partial charge is 0.326 e. The molecule has 152 valence electrons. The number of aliphatic imine (C=N–C) groups is 1. The Kier molecular flexibility index (Phi) is 6.46. The SMILES string of the molecule is CC(C)C[C@H](N)C1C[C@@]12CCC(=O)N([C@@H](CCCN=C(N)N)C(=O)O)C2=O. The van der Waals surface area contributed by atoms with Crippen LogP contribution in [-0.4, -0.2) is 52.4 Å². The number of nitrogens with zero attached hydrogens (tertiary/aromatic N) is 2. The average Bonchev–Trinajstić information content (AvgIpc) is 3.28. The molecule has 4 atom stereocenters. The van der Waals surface area contributed by atoms with E-state index >= 15 is 0 Å². The van der Waals surface area contributed by atoms with E-state index in [4.69, 9.17) is 17.2 Å². The van der Waals surface area contributed by atoms with E-state index < -0.39 is 23.3 Å². The van der Waals surface area contributed by atoms with Crippen molar-refractivity contribution in [1.82, 2.24) is 4.90 Å². The fourth-order valence-electron chi connectivity index (χ4n) is 4.22. The zero-order chi connectivity index (χ0) is 20.4. The second-order valence-electron chi connectivity index (χ2n) is 8.13. The molecule has 0 aromatic rings. The highest BCUT2D eigenvalue weighted by molar-refractivity contribution is 6.05. The highest BCUT2D eigenvalue weighted by atomic mass is 16.4. The number of guanidine groups is 1. The number of rotatable bonds is 9. The molecule has 1 aliphatic carbocycles. The fourth-order valence-corrected chi connectivity index (χ4v) is 4.22. The standard InChI is InChI=1S/C18H31N5O4/c1-10(2)8-12(19)11-9-18(11)6-5-14(24)23(16(18)27)13(15(25)26)4-3-7-22-17(20)21/h10-13H,3-9,19H2,1-2H3,(H,25,26)(H4,20,21,22)/t11?,12-,13-,18-/m0/s1. The molecule has 1 spiro atoms. The van der Waals surface area contributed by atoms with E-state index in [1.54, 1.807) is 0 Å². The molecule has 2 fully saturated rings. The molecule has 1 unspecified atom stereocenters. The van der Waals surface area contributed by atoms with Crippen LogP contribution in [0.25, 0.3) is 0 Å². The maximum absolute atomic E-state index is 13.1. The second kappa shape index (κ2) is 8.24. The van der Waals surface area contributed by atoms with E-state index in [1.807, 2.05) is 0 Å². The number of piperidine rings is 1. The molecular formula is C18H31N5O4. The number of hydrogen-bond acceptors (Lipinski definition) is 5. The molecule has 2 aliphatic rings. The summed E-state index contributed by atoms with van der Waals surface area (Å²) in [6.07, 6.45) is 2.53. The Morgan fingerprint density at radius 3 is 2.59 bits per heavy atom. The van der Waals surface area contributed by atoms with Crippen LogP contribution in [0.1, 0.15) is 52.4 Å². The van der Waals surface area contributed by atoms with Gasteiger partial charge in [0.15, 0.2) is 5.96 Å². The maximum Gasteiger partial charge on any atom is 0.326 e. The summed E-state index contributed by atoms with van der Waals surface area (Å²) in [6, 6.07) is -1.31. The van der Waals surface area contributed by atoms with E-state index in [0.29, 0.717) is 25.2 Å². The van der Waals surface area contributed by atoms with Crippen molar-refractivity contribution in [2.24, 2.45) is 39.4 Å². The third kappa shape index (κ3) is 4.58. The lowest BCUT2D eigenvalue weighted by Crippen LogP contribution is -2.55. The van der Waals surface area contributed by atoms with Crippen molar-refractivity contribution in [3.8, 4) is 0 Å². The highest BCUT2D eigenvalue weighted by Gasteiger charge is 2.65. The first kappa shape index (κ1) is 21.1. The van der Waals surface area contributed by atoms with Gasteiger partial charge in [0.05, 0.1) is 5.41 Å². The van der Waals surface area contributed by atoms with Gasteiger partial charge in [0.25, 0.3) is 0 Å². The van der Waals surface area contributed by atoms with Crippen LogP contribution in [0.5, 0.6) is 0 Å². The summed E-state index contributed by atoms with van der Waals surface area (Å²) in [5.41, 5.74) is 16.1.